The van der Waals surface area contributed by atoms with Crippen LogP contribution in [0, 0.1) is 27.7 Å². The highest BCUT2D eigenvalue weighted by Crippen LogP contribution is 2.29. The molecule has 148 valence electrons. The van der Waals surface area contributed by atoms with Gasteiger partial charge in [0.05, 0.1) is 6.26 Å². The van der Waals surface area contributed by atoms with Crippen LogP contribution in [-0.4, -0.2) is 5.91 Å². The maximum atomic E-state index is 12.5. The quantitative estimate of drug-likeness (QED) is 0.478. The average Bonchev–Trinajstić information content (AvgIpc) is 3.02. The monoisotopic (exact) mass is 389 g/mol. The average molecular weight is 389 g/mol. The Balaban J connectivity index is 1.60. The zero-order valence-electron chi connectivity index (χ0n) is 17.0. The van der Waals surface area contributed by atoms with Crippen molar-refractivity contribution in [3.05, 3.63) is 74.8 Å². The first-order chi connectivity index (χ1) is 13.8. The van der Waals surface area contributed by atoms with Crippen LogP contribution in [0.1, 0.15) is 34.2 Å². The Morgan fingerprint density at radius 2 is 1.76 bits per heavy atom. The van der Waals surface area contributed by atoms with Crippen LogP contribution in [0.15, 0.2) is 50.2 Å². The number of amides is 1. The lowest BCUT2D eigenvalue weighted by Gasteiger charge is -2.10. The van der Waals surface area contributed by atoms with Crippen molar-refractivity contribution in [2.24, 2.45) is 0 Å². The molecule has 0 unspecified atom stereocenters. The van der Waals surface area contributed by atoms with Crippen LogP contribution >= 0.6 is 0 Å². The zero-order valence-corrected chi connectivity index (χ0v) is 17.0. The van der Waals surface area contributed by atoms with E-state index in [-0.39, 0.29) is 12.3 Å². The van der Waals surface area contributed by atoms with E-state index >= 15 is 0 Å². The van der Waals surface area contributed by atoms with Gasteiger partial charge in [-0.25, -0.2) is 4.79 Å². The number of hydrogen-bond acceptors (Lipinski definition) is 4. The zero-order chi connectivity index (χ0) is 20.7. The van der Waals surface area contributed by atoms with E-state index in [0.717, 1.165) is 38.7 Å². The number of nitrogens with one attached hydrogen (secondary N) is 1. The molecule has 0 bridgehead atoms. The molecule has 5 heteroatoms. The van der Waals surface area contributed by atoms with E-state index in [1.54, 1.807) is 12.3 Å². The number of aryl methyl sites for hydroxylation is 4. The normalized spacial score (nSPS) is 11.3. The second-order valence-electron chi connectivity index (χ2n) is 7.62. The molecule has 0 saturated heterocycles. The summed E-state index contributed by atoms with van der Waals surface area (Å²) < 4.78 is 11.0. The summed E-state index contributed by atoms with van der Waals surface area (Å²) in [6, 6.07) is 9.63. The molecule has 0 saturated carbocycles. The highest BCUT2D eigenvalue weighted by molar-refractivity contribution is 5.96. The van der Waals surface area contributed by atoms with Gasteiger partial charge >= 0.3 is 5.63 Å². The molecule has 1 N–H and O–H groups in total. The molecule has 29 heavy (non-hydrogen) atoms. The fourth-order valence-corrected chi connectivity index (χ4v) is 3.73. The summed E-state index contributed by atoms with van der Waals surface area (Å²) in [6.07, 6.45) is 2.22. The summed E-state index contributed by atoms with van der Waals surface area (Å²) in [6.45, 7) is 7.85. The molecule has 1 amide bonds. The third-order valence-corrected chi connectivity index (χ3v) is 5.43. The Labute approximate surface area is 168 Å². The third-order valence-electron chi connectivity index (χ3n) is 5.43. The number of rotatable bonds is 4. The van der Waals surface area contributed by atoms with Gasteiger partial charge in [0.25, 0.3) is 0 Å². The second-order valence-corrected chi connectivity index (χ2v) is 7.62. The van der Waals surface area contributed by atoms with E-state index in [1.165, 1.54) is 0 Å². The fraction of sp³-hybridized carbons (Fsp3) is 0.250. The molecule has 4 aromatic rings. The lowest BCUT2D eigenvalue weighted by Crippen LogP contribution is -2.17. The minimum Gasteiger partial charge on any atom is -0.464 e. The Morgan fingerprint density at radius 1 is 0.966 bits per heavy atom. The number of fused-ring (bicyclic) bond motifs is 2. The number of carbonyl (C=O) groups excluding carboxylic acids is 1. The van der Waals surface area contributed by atoms with Gasteiger partial charge in [-0.05, 0) is 62.9 Å². The highest BCUT2D eigenvalue weighted by atomic mass is 16.4. The fourth-order valence-electron chi connectivity index (χ4n) is 3.73. The molecule has 0 spiro atoms. The summed E-state index contributed by atoms with van der Waals surface area (Å²) in [5.74, 6) is -0.128. The highest BCUT2D eigenvalue weighted by Gasteiger charge is 2.15. The molecule has 0 aliphatic heterocycles. The number of benzene rings is 2. The van der Waals surface area contributed by atoms with Crippen LogP contribution < -0.4 is 10.9 Å². The van der Waals surface area contributed by atoms with Gasteiger partial charge in [0.1, 0.15) is 11.2 Å². The number of furan rings is 1. The van der Waals surface area contributed by atoms with Gasteiger partial charge in [-0.1, -0.05) is 17.7 Å². The molecule has 0 aliphatic carbocycles. The van der Waals surface area contributed by atoms with Crippen LogP contribution in [0.2, 0.25) is 0 Å². The lowest BCUT2D eigenvalue weighted by molar-refractivity contribution is -0.116. The van der Waals surface area contributed by atoms with Crippen molar-refractivity contribution in [3.8, 4) is 0 Å². The Bertz CT molecular complexity index is 1310. The van der Waals surface area contributed by atoms with Gasteiger partial charge in [0.15, 0.2) is 0 Å². The topological polar surface area (TPSA) is 72.5 Å². The first-order valence-electron chi connectivity index (χ1n) is 9.64. The molecule has 5 nitrogen and oxygen atoms in total. The van der Waals surface area contributed by atoms with Crippen LogP contribution in [0.3, 0.4) is 0 Å². The predicted octanol–water partition coefficient (Wildman–Crippen LogP) is 5.34. The Kier molecular flexibility index (Phi) is 4.74. The molecule has 0 fully saturated rings. The van der Waals surface area contributed by atoms with Crippen molar-refractivity contribution < 1.29 is 13.6 Å². The first kappa shape index (κ1) is 19.0. The van der Waals surface area contributed by atoms with Crippen molar-refractivity contribution in [1.82, 2.24) is 0 Å². The minimum absolute atomic E-state index is 0.128. The minimum atomic E-state index is -0.406. The summed E-state index contributed by atoms with van der Waals surface area (Å²) in [5, 5.41) is 4.79. The van der Waals surface area contributed by atoms with E-state index in [4.69, 9.17) is 8.83 Å². The first-order valence-corrected chi connectivity index (χ1v) is 9.64. The van der Waals surface area contributed by atoms with E-state index in [9.17, 15) is 9.59 Å². The van der Waals surface area contributed by atoms with E-state index in [2.05, 4.69) is 5.32 Å². The molecule has 2 aromatic carbocycles. The molecular formula is C24H23NO4. The van der Waals surface area contributed by atoms with Crippen molar-refractivity contribution >= 4 is 33.5 Å². The van der Waals surface area contributed by atoms with E-state index in [1.807, 2.05) is 52.0 Å². The smallest absolute Gasteiger partial charge is 0.339 e. The van der Waals surface area contributed by atoms with Gasteiger partial charge in [-0.15, -0.1) is 0 Å². The third kappa shape index (κ3) is 3.56. The SMILES string of the molecule is Cc1ccc(NC(=O)CCc2c(C)c3cc4c(C)coc4cc3oc2=O)c(C)c1. The standard InChI is InChI=1S/C24H23NO4/c1-13-5-7-20(14(2)9-13)25-23(26)8-6-17-16(4)19-10-18-15(3)12-28-21(18)11-22(19)29-24(17)27/h5,7,9-12H,6,8H2,1-4H3,(H,25,26). The lowest BCUT2D eigenvalue weighted by atomic mass is 10.0. The van der Waals surface area contributed by atoms with Gasteiger partial charge in [0.2, 0.25) is 5.91 Å². The number of carbonyl (C=O) groups is 1. The van der Waals surface area contributed by atoms with E-state index in [0.29, 0.717) is 23.2 Å². The Morgan fingerprint density at radius 3 is 2.52 bits per heavy atom. The van der Waals surface area contributed by atoms with Gasteiger partial charge in [0, 0.05) is 34.5 Å². The van der Waals surface area contributed by atoms with Gasteiger partial charge in [-0.3, -0.25) is 4.79 Å². The Hall–Kier alpha value is -3.34. The summed E-state index contributed by atoms with van der Waals surface area (Å²) >= 11 is 0. The van der Waals surface area contributed by atoms with Crippen LogP contribution in [-0.2, 0) is 11.2 Å². The number of hydrogen-bond donors (Lipinski definition) is 1. The van der Waals surface area contributed by atoms with Crippen molar-refractivity contribution in [3.63, 3.8) is 0 Å². The molecule has 0 aliphatic rings. The van der Waals surface area contributed by atoms with Gasteiger partial charge < -0.3 is 14.2 Å². The molecule has 0 atom stereocenters. The largest absolute Gasteiger partial charge is 0.464 e. The van der Waals surface area contributed by atoms with Crippen molar-refractivity contribution in [2.45, 2.75) is 40.5 Å². The molecule has 2 aromatic heterocycles. The van der Waals surface area contributed by atoms with Crippen molar-refractivity contribution in [2.75, 3.05) is 5.32 Å². The number of anilines is 1. The predicted molar refractivity (Wildman–Crippen MR) is 115 cm³/mol. The van der Waals surface area contributed by atoms with Crippen LogP contribution in [0.5, 0.6) is 0 Å². The maximum Gasteiger partial charge on any atom is 0.339 e. The van der Waals surface area contributed by atoms with Gasteiger partial charge in [-0.2, -0.15) is 0 Å². The van der Waals surface area contributed by atoms with E-state index < -0.39 is 5.63 Å². The molecular weight excluding hydrogens is 366 g/mol. The summed E-state index contributed by atoms with van der Waals surface area (Å²) in [4.78, 5) is 25.0. The van der Waals surface area contributed by atoms with Crippen LogP contribution in [0.4, 0.5) is 5.69 Å². The van der Waals surface area contributed by atoms with Crippen LogP contribution in [0.25, 0.3) is 21.9 Å². The maximum absolute atomic E-state index is 12.5. The molecule has 4 rings (SSSR count). The molecule has 2 heterocycles. The molecule has 0 radical (unpaired) electrons. The summed E-state index contributed by atoms with van der Waals surface area (Å²) in [5.41, 5.74) is 6.15. The van der Waals surface area contributed by atoms with Crippen molar-refractivity contribution in [1.29, 1.82) is 0 Å². The second kappa shape index (κ2) is 7.24. The summed E-state index contributed by atoms with van der Waals surface area (Å²) in [7, 11) is 0.